The quantitative estimate of drug-likeness (QED) is 0.913. The molecule has 19 heavy (non-hydrogen) atoms. The van der Waals surface area contributed by atoms with E-state index in [0.29, 0.717) is 5.92 Å². The molecular formula is C13H23ClN4O. The molecule has 0 aromatic carbocycles. The zero-order chi connectivity index (χ0) is 13.1. The molecule has 1 fully saturated rings. The number of carbonyl (C=O) groups excluding carboxylic acids is 1. The summed E-state index contributed by atoms with van der Waals surface area (Å²) >= 11 is 0. The van der Waals surface area contributed by atoms with Crippen LogP contribution >= 0.6 is 12.4 Å². The van der Waals surface area contributed by atoms with Crippen molar-refractivity contribution in [2.45, 2.75) is 45.2 Å². The van der Waals surface area contributed by atoms with Gasteiger partial charge in [0.1, 0.15) is 0 Å². The first-order valence-corrected chi connectivity index (χ1v) is 6.68. The van der Waals surface area contributed by atoms with Gasteiger partial charge in [-0.1, -0.05) is 0 Å². The fraction of sp³-hybridized carbons (Fsp3) is 0.692. The second-order valence-corrected chi connectivity index (χ2v) is 5.02. The lowest BCUT2D eigenvalue weighted by Crippen LogP contribution is -2.45. The summed E-state index contributed by atoms with van der Waals surface area (Å²) in [7, 11) is 0. The smallest absolute Gasteiger partial charge is 0.239 e. The van der Waals surface area contributed by atoms with Crippen LogP contribution in [0.1, 0.15) is 38.2 Å². The highest BCUT2D eigenvalue weighted by atomic mass is 35.5. The monoisotopic (exact) mass is 286 g/mol. The number of aryl methyl sites for hydroxylation is 1. The van der Waals surface area contributed by atoms with E-state index in [1.165, 1.54) is 5.56 Å². The van der Waals surface area contributed by atoms with Crippen LogP contribution in [-0.4, -0.2) is 39.7 Å². The summed E-state index contributed by atoms with van der Waals surface area (Å²) in [6.07, 6.45) is 6.09. The maximum absolute atomic E-state index is 11.8. The van der Waals surface area contributed by atoms with Crippen molar-refractivity contribution >= 4 is 18.3 Å². The number of rotatable bonds is 3. The largest absolute Gasteiger partial charge is 0.341 e. The number of aromatic nitrogens is 2. The standard InChI is InChI=1S/C13H22N4O.ClH/c1-3-17-9-12(8-15-17)11-4-6-16(7-5-11)13(18)10(2)14;/h8-11H,3-7,14H2,1-2H3;1H. The van der Waals surface area contributed by atoms with Gasteiger partial charge in [0.05, 0.1) is 12.2 Å². The van der Waals surface area contributed by atoms with E-state index in [-0.39, 0.29) is 24.4 Å². The van der Waals surface area contributed by atoms with Crippen molar-refractivity contribution in [3.8, 4) is 0 Å². The summed E-state index contributed by atoms with van der Waals surface area (Å²) in [6.45, 7) is 6.35. The summed E-state index contributed by atoms with van der Waals surface area (Å²) < 4.78 is 1.95. The van der Waals surface area contributed by atoms with Gasteiger partial charge in [-0.15, -0.1) is 12.4 Å². The van der Waals surface area contributed by atoms with Gasteiger partial charge in [0.25, 0.3) is 0 Å². The Morgan fingerprint density at radius 3 is 2.63 bits per heavy atom. The van der Waals surface area contributed by atoms with E-state index in [2.05, 4.69) is 18.2 Å². The Morgan fingerprint density at radius 1 is 1.53 bits per heavy atom. The van der Waals surface area contributed by atoms with Gasteiger partial charge in [0.15, 0.2) is 0 Å². The number of halogens is 1. The Bertz CT molecular complexity index is 411. The molecule has 2 rings (SSSR count). The minimum atomic E-state index is -0.385. The summed E-state index contributed by atoms with van der Waals surface area (Å²) in [5.41, 5.74) is 6.93. The van der Waals surface area contributed by atoms with E-state index in [0.717, 1.165) is 32.5 Å². The lowest BCUT2D eigenvalue weighted by atomic mass is 9.91. The molecule has 1 saturated heterocycles. The molecule has 1 atom stereocenters. The number of amides is 1. The average Bonchev–Trinajstić information content (AvgIpc) is 2.86. The van der Waals surface area contributed by atoms with E-state index >= 15 is 0 Å². The maximum Gasteiger partial charge on any atom is 0.239 e. The van der Waals surface area contributed by atoms with Gasteiger partial charge in [0.2, 0.25) is 5.91 Å². The van der Waals surface area contributed by atoms with Crippen LogP contribution in [0, 0.1) is 0 Å². The summed E-state index contributed by atoms with van der Waals surface area (Å²) in [5, 5.41) is 4.31. The Labute approximate surface area is 120 Å². The van der Waals surface area contributed by atoms with Crippen LogP contribution in [0.4, 0.5) is 0 Å². The Morgan fingerprint density at radius 2 is 2.16 bits per heavy atom. The fourth-order valence-corrected chi connectivity index (χ4v) is 2.48. The molecule has 0 bridgehead atoms. The van der Waals surface area contributed by atoms with Crippen molar-refractivity contribution in [3.05, 3.63) is 18.0 Å². The third kappa shape index (κ3) is 3.70. The lowest BCUT2D eigenvalue weighted by Gasteiger charge is -2.32. The molecule has 108 valence electrons. The zero-order valence-corrected chi connectivity index (χ0v) is 12.4. The molecule has 1 aliphatic heterocycles. The predicted molar refractivity (Wildman–Crippen MR) is 77.4 cm³/mol. The molecule has 1 aliphatic rings. The van der Waals surface area contributed by atoms with Crippen molar-refractivity contribution in [1.29, 1.82) is 0 Å². The molecule has 5 nitrogen and oxygen atoms in total. The van der Waals surface area contributed by atoms with Crippen LogP contribution in [0.15, 0.2) is 12.4 Å². The number of nitrogens with zero attached hydrogens (tertiary/aromatic N) is 3. The summed E-state index contributed by atoms with van der Waals surface area (Å²) in [4.78, 5) is 13.7. The van der Waals surface area contributed by atoms with Crippen molar-refractivity contribution in [3.63, 3.8) is 0 Å². The van der Waals surface area contributed by atoms with Gasteiger partial charge < -0.3 is 10.6 Å². The number of hydrogen-bond donors (Lipinski definition) is 1. The van der Waals surface area contributed by atoms with Crippen molar-refractivity contribution < 1.29 is 4.79 Å². The van der Waals surface area contributed by atoms with Crippen molar-refractivity contribution in [2.75, 3.05) is 13.1 Å². The van der Waals surface area contributed by atoms with E-state index in [9.17, 15) is 4.79 Å². The third-order valence-corrected chi connectivity index (χ3v) is 3.64. The van der Waals surface area contributed by atoms with Gasteiger partial charge in [-0.2, -0.15) is 5.10 Å². The van der Waals surface area contributed by atoms with Crippen LogP contribution in [-0.2, 0) is 11.3 Å². The highest BCUT2D eigenvalue weighted by molar-refractivity contribution is 5.85. The minimum Gasteiger partial charge on any atom is -0.341 e. The molecule has 0 spiro atoms. The van der Waals surface area contributed by atoms with Crippen molar-refractivity contribution in [1.82, 2.24) is 14.7 Å². The first-order valence-electron chi connectivity index (χ1n) is 6.68. The Balaban J connectivity index is 0.00000180. The SMILES string of the molecule is CCn1cc(C2CCN(C(=O)C(C)N)CC2)cn1.Cl. The normalized spacial score (nSPS) is 17.9. The molecule has 2 heterocycles. The molecule has 6 heteroatoms. The van der Waals surface area contributed by atoms with Crippen LogP contribution < -0.4 is 5.73 Å². The topological polar surface area (TPSA) is 64.2 Å². The molecule has 2 N–H and O–H groups in total. The predicted octanol–water partition coefficient (Wildman–Crippen LogP) is 1.38. The first-order chi connectivity index (χ1) is 8.61. The minimum absolute atomic E-state index is 0. The molecule has 0 aliphatic carbocycles. The molecule has 1 unspecified atom stereocenters. The summed E-state index contributed by atoms with van der Waals surface area (Å²) in [5.74, 6) is 0.597. The number of hydrogen-bond acceptors (Lipinski definition) is 3. The number of nitrogens with two attached hydrogens (primary N) is 1. The molecule has 1 amide bonds. The number of carbonyl (C=O) groups is 1. The number of piperidine rings is 1. The molecule has 1 aromatic rings. The highest BCUT2D eigenvalue weighted by Gasteiger charge is 2.25. The van der Waals surface area contributed by atoms with E-state index in [1.807, 2.05) is 15.8 Å². The van der Waals surface area contributed by atoms with Crippen LogP contribution in [0.3, 0.4) is 0 Å². The van der Waals surface area contributed by atoms with Gasteiger partial charge in [-0.3, -0.25) is 9.48 Å². The lowest BCUT2D eigenvalue weighted by molar-refractivity contribution is -0.133. The third-order valence-electron chi connectivity index (χ3n) is 3.64. The molecular weight excluding hydrogens is 264 g/mol. The first kappa shape index (κ1) is 16.0. The van der Waals surface area contributed by atoms with Crippen molar-refractivity contribution in [2.24, 2.45) is 5.73 Å². The second kappa shape index (κ2) is 6.91. The van der Waals surface area contributed by atoms with E-state index in [4.69, 9.17) is 5.73 Å². The average molecular weight is 287 g/mol. The molecule has 0 radical (unpaired) electrons. The number of likely N-dealkylation sites (tertiary alicyclic amines) is 1. The van der Waals surface area contributed by atoms with Crippen LogP contribution in [0.5, 0.6) is 0 Å². The Kier molecular flexibility index (Phi) is 5.82. The van der Waals surface area contributed by atoms with Gasteiger partial charge in [0, 0.05) is 25.8 Å². The maximum atomic E-state index is 11.8. The van der Waals surface area contributed by atoms with E-state index < -0.39 is 0 Å². The Hall–Kier alpha value is -1.07. The summed E-state index contributed by atoms with van der Waals surface area (Å²) in [6, 6.07) is -0.385. The second-order valence-electron chi connectivity index (χ2n) is 5.02. The van der Waals surface area contributed by atoms with Gasteiger partial charge in [-0.25, -0.2) is 0 Å². The van der Waals surface area contributed by atoms with Gasteiger partial charge >= 0.3 is 0 Å². The van der Waals surface area contributed by atoms with Gasteiger partial charge in [-0.05, 0) is 38.2 Å². The molecule has 0 saturated carbocycles. The highest BCUT2D eigenvalue weighted by Crippen LogP contribution is 2.27. The zero-order valence-electron chi connectivity index (χ0n) is 11.6. The van der Waals surface area contributed by atoms with Crippen LogP contribution in [0.25, 0.3) is 0 Å². The molecule has 1 aromatic heterocycles. The fourth-order valence-electron chi connectivity index (χ4n) is 2.48. The van der Waals surface area contributed by atoms with E-state index in [1.54, 1.807) is 6.92 Å². The van der Waals surface area contributed by atoms with Crippen LogP contribution in [0.2, 0.25) is 0 Å².